The summed E-state index contributed by atoms with van der Waals surface area (Å²) in [6.45, 7) is 9.91. The first-order valence-electron chi connectivity index (χ1n) is 11.1. The monoisotopic (exact) mass is 550 g/mol. The third-order valence-electron chi connectivity index (χ3n) is 6.04. The standard InChI is InChI=1S/C22H38N4O2S.HI/c1-3-23-20(24-16-21(2,27)18-26-11-13-28-14-12-26)25-17-22(9-5-4-6-10-22)19-8-7-15-29-19;/h7-8,15,27H,3-6,9-14,16-18H2,1-2H3,(H2,23,24,25);1H. The normalized spacial score (nSPS) is 22.0. The number of thiophene rings is 1. The summed E-state index contributed by atoms with van der Waals surface area (Å²) in [5, 5.41) is 20.0. The van der Waals surface area contributed by atoms with E-state index in [-0.39, 0.29) is 29.4 Å². The Morgan fingerprint density at radius 1 is 1.27 bits per heavy atom. The van der Waals surface area contributed by atoms with Crippen LogP contribution in [-0.2, 0) is 10.2 Å². The van der Waals surface area contributed by atoms with Crippen molar-refractivity contribution in [2.24, 2.45) is 4.99 Å². The maximum Gasteiger partial charge on any atom is 0.191 e. The molecule has 1 aromatic rings. The van der Waals surface area contributed by atoms with Gasteiger partial charge in [0.15, 0.2) is 5.96 Å². The molecule has 0 bridgehead atoms. The Morgan fingerprint density at radius 3 is 2.63 bits per heavy atom. The summed E-state index contributed by atoms with van der Waals surface area (Å²) in [7, 11) is 0. The topological polar surface area (TPSA) is 69.1 Å². The first-order valence-corrected chi connectivity index (χ1v) is 12.0. The predicted molar refractivity (Wildman–Crippen MR) is 136 cm³/mol. The fourth-order valence-electron chi connectivity index (χ4n) is 4.45. The Morgan fingerprint density at radius 2 is 2.00 bits per heavy atom. The fourth-order valence-corrected chi connectivity index (χ4v) is 5.44. The van der Waals surface area contributed by atoms with E-state index in [1.54, 1.807) is 0 Å². The van der Waals surface area contributed by atoms with Crippen LogP contribution in [0.3, 0.4) is 0 Å². The molecule has 6 nitrogen and oxygen atoms in total. The molecule has 1 aliphatic heterocycles. The van der Waals surface area contributed by atoms with E-state index in [0.717, 1.165) is 45.4 Å². The van der Waals surface area contributed by atoms with Crippen molar-refractivity contribution in [2.45, 2.75) is 57.0 Å². The van der Waals surface area contributed by atoms with Crippen LogP contribution in [0.4, 0.5) is 0 Å². The number of nitrogens with one attached hydrogen (secondary N) is 2. The van der Waals surface area contributed by atoms with E-state index in [0.29, 0.717) is 13.1 Å². The fraction of sp³-hybridized carbons (Fsp3) is 0.773. The Balaban J connectivity index is 0.00000320. The third kappa shape index (κ3) is 7.62. The van der Waals surface area contributed by atoms with Crippen molar-refractivity contribution < 1.29 is 9.84 Å². The summed E-state index contributed by atoms with van der Waals surface area (Å²) in [5.41, 5.74) is -0.644. The van der Waals surface area contributed by atoms with E-state index in [1.165, 1.54) is 37.0 Å². The van der Waals surface area contributed by atoms with E-state index < -0.39 is 5.60 Å². The molecule has 1 atom stereocenters. The van der Waals surface area contributed by atoms with Gasteiger partial charge in [0.2, 0.25) is 0 Å². The predicted octanol–water partition coefficient (Wildman–Crippen LogP) is 3.21. The van der Waals surface area contributed by atoms with Gasteiger partial charge in [0.1, 0.15) is 0 Å². The molecule has 0 aromatic carbocycles. The zero-order valence-electron chi connectivity index (χ0n) is 18.5. The molecule has 0 radical (unpaired) electrons. The van der Waals surface area contributed by atoms with Crippen LogP contribution >= 0.6 is 35.3 Å². The average molecular weight is 551 g/mol. The molecular weight excluding hydrogens is 511 g/mol. The summed E-state index contributed by atoms with van der Waals surface area (Å²) in [5.74, 6) is 0.802. The molecule has 3 rings (SSSR count). The van der Waals surface area contributed by atoms with Crippen LogP contribution in [0.5, 0.6) is 0 Å². The number of nitrogens with zero attached hydrogens (tertiary/aromatic N) is 2. The highest BCUT2D eigenvalue weighted by atomic mass is 127. The second-order valence-electron chi connectivity index (χ2n) is 8.75. The first kappa shape index (κ1) is 25.8. The molecule has 2 heterocycles. The van der Waals surface area contributed by atoms with Gasteiger partial charge in [0.05, 0.1) is 25.4 Å². The first-order chi connectivity index (χ1) is 14.0. The second-order valence-corrected chi connectivity index (χ2v) is 9.70. The van der Waals surface area contributed by atoms with Gasteiger partial charge in [-0.05, 0) is 38.1 Å². The van der Waals surface area contributed by atoms with Gasteiger partial charge in [0.25, 0.3) is 0 Å². The van der Waals surface area contributed by atoms with Crippen LogP contribution in [0.2, 0.25) is 0 Å². The molecule has 2 aliphatic rings. The van der Waals surface area contributed by atoms with E-state index >= 15 is 0 Å². The van der Waals surface area contributed by atoms with Gasteiger partial charge in [-0.1, -0.05) is 25.3 Å². The van der Waals surface area contributed by atoms with Crippen LogP contribution in [0.15, 0.2) is 22.5 Å². The molecule has 1 saturated carbocycles. The lowest BCUT2D eigenvalue weighted by Gasteiger charge is -2.37. The van der Waals surface area contributed by atoms with Crippen molar-refractivity contribution in [3.05, 3.63) is 22.4 Å². The molecule has 0 spiro atoms. The van der Waals surface area contributed by atoms with E-state index in [2.05, 4.69) is 40.0 Å². The van der Waals surface area contributed by atoms with Gasteiger partial charge in [-0.15, -0.1) is 35.3 Å². The minimum atomic E-state index is -0.851. The van der Waals surface area contributed by atoms with Gasteiger partial charge in [-0.2, -0.15) is 0 Å². The average Bonchev–Trinajstić information content (AvgIpc) is 3.27. The van der Waals surface area contributed by atoms with Crippen molar-refractivity contribution in [3.8, 4) is 0 Å². The van der Waals surface area contributed by atoms with Gasteiger partial charge in [-0.25, -0.2) is 0 Å². The highest BCUT2D eigenvalue weighted by Crippen LogP contribution is 2.41. The van der Waals surface area contributed by atoms with Crippen molar-refractivity contribution in [1.29, 1.82) is 0 Å². The number of β-amino-alcohol motifs (C(OH)–C–C–N with tert-alkyl or cyclic N) is 1. The maximum absolute atomic E-state index is 10.9. The highest BCUT2D eigenvalue weighted by molar-refractivity contribution is 14.0. The van der Waals surface area contributed by atoms with Crippen molar-refractivity contribution in [1.82, 2.24) is 15.5 Å². The summed E-state index contributed by atoms with van der Waals surface area (Å²) in [6, 6.07) is 4.45. The van der Waals surface area contributed by atoms with Gasteiger partial charge < -0.3 is 20.5 Å². The third-order valence-corrected chi connectivity index (χ3v) is 7.15. The minimum Gasteiger partial charge on any atom is -0.387 e. The lowest BCUT2D eigenvalue weighted by Crippen LogP contribution is -2.49. The number of aliphatic hydroxyl groups is 1. The van der Waals surface area contributed by atoms with Crippen molar-refractivity contribution >= 4 is 41.3 Å². The zero-order chi connectivity index (χ0) is 20.6. The highest BCUT2D eigenvalue weighted by Gasteiger charge is 2.35. The summed E-state index contributed by atoms with van der Waals surface area (Å²) in [4.78, 5) is 8.48. The van der Waals surface area contributed by atoms with Crippen LogP contribution in [0, 0.1) is 0 Å². The van der Waals surface area contributed by atoms with Crippen molar-refractivity contribution in [2.75, 3.05) is 52.5 Å². The second kappa shape index (κ2) is 12.6. The number of aliphatic imine (C=N–C) groups is 1. The Kier molecular flexibility index (Phi) is 10.8. The molecule has 0 amide bonds. The molecule has 8 heteroatoms. The molecule has 2 fully saturated rings. The number of hydrogen-bond acceptors (Lipinski definition) is 5. The molecule has 172 valence electrons. The SMILES string of the molecule is CCNC(=NCC(C)(O)CN1CCOCC1)NCC1(c2cccs2)CCCCC1.I. The maximum atomic E-state index is 10.9. The van der Waals surface area contributed by atoms with Crippen LogP contribution < -0.4 is 10.6 Å². The molecule has 3 N–H and O–H groups in total. The number of guanidine groups is 1. The molecule has 30 heavy (non-hydrogen) atoms. The Bertz CT molecular complexity index is 627. The smallest absolute Gasteiger partial charge is 0.191 e. The van der Waals surface area contributed by atoms with Gasteiger partial charge in [0, 0.05) is 43.0 Å². The largest absolute Gasteiger partial charge is 0.387 e. The Labute approximate surface area is 202 Å². The quantitative estimate of drug-likeness (QED) is 0.264. The molecule has 1 saturated heterocycles. The lowest BCUT2D eigenvalue weighted by molar-refractivity contribution is -0.0180. The molecule has 1 aliphatic carbocycles. The summed E-state index contributed by atoms with van der Waals surface area (Å²) >= 11 is 1.87. The molecular formula is C22H39IN4O2S. The van der Waals surface area contributed by atoms with Gasteiger partial charge in [-0.3, -0.25) is 9.89 Å². The van der Waals surface area contributed by atoms with Crippen LogP contribution in [-0.4, -0.2) is 74.0 Å². The number of ether oxygens (including phenoxy) is 1. The number of morpholine rings is 1. The van der Waals surface area contributed by atoms with Crippen molar-refractivity contribution in [3.63, 3.8) is 0 Å². The van der Waals surface area contributed by atoms with E-state index in [4.69, 9.17) is 9.73 Å². The van der Waals surface area contributed by atoms with E-state index in [9.17, 15) is 5.11 Å². The number of hydrogen-bond donors (Lipinski definition) is 3. The summed E-state index contributed by atoms with van der Waals surface area (Å²) in [6.07, 6.45) is 6.39. The minimum absolute atomic E-state index is 0. The van der Waals surface area contributed by atoms with Crippen LogP contribution in [0.25, 0.3) is 0 Å². The zero-order valence-corrected chi connectivity index (χ0v) is 21.6. The molecule has 1 unspecified atom stereocenters. The number of rotatable bonds is 8. The lowest BCUT2D eigenvalue weighted by atomic mass is 9.73. The molecule has 1 aromatic heterocycles. The Hall–Kier alpha value is -0.420. The summed E-state index contributed by atoms with van der Waals surface area (Å²) < 4.78 is 5.40. The number of halogens is 1. The van der Waals surface area contributed by atoms with E-state index in [1.807, 2.05) is 18.3 Å². The van der Waals surface area contributed by atoms with Gasteiger partial charge >= 0.3 is 0 Å². The van der Waals surface area contributed by atoms with Crippen LogP contribution in [0.1, 0.15) is 50.8 Å².